The van der Waals surface area contributed by atoms with Crippen molar-refractivity contribution in [3.8, 4) is 61.8 Å². The van der Waals surface area contributed by atoms with E-state index in [4.69, 9.17) is 4.98 Å². The van der Waals surface area contributed by atoms with Crippen molar-refractivity contribution >= 4 is 149 Å². The second-order valence-electron chi connectivity index (χ2n) is 36.2. The Balaban J connectivity index is 0.0000000970. The van der Waals surface area contributed by atoms with Crippen LogP contribution in [-0.4, -0.2) is 48.4 Å². The van der Waals surface area contributed by atoms with Crippen LogP contribution in [0.3, 0.4) is 0 Å². The molecule has 8 aromatic heterocycles. The van der Waals surface area contributed by atoms with Crippen LogP contribution in [0.1, 0.15) is 16.7 Å². The van der Waals surface area contributed by atoms with Gasteiger partial charge in [-0.25, -0.2) is 4.98 Å². The molecule has 0 aliphatic heterocycles. The van der Waals surface area contributed by atoms with Gasteiger partial charge in [-0.2, -0.15) is 0 Å². The highest BCUT2D eigenvalue weighted by molar-refractivity contribution is 6.24. The van der Waals surface area contributed by atoms with Crippen molar-refractivity contribution in [2.75, 3.05) is 11.9 Å². The van der Waals surface area contributed by atoms with Crippen molar-refractivity contribution in [1.82, 2.24) is 41.4 Å². The average Bonchev–Trinajstić information content (AvgIpc) is 1.55. The summed E-state index contributed by atoms with van der Waals surface area (Å²) in [7, 11) is 6.32. The first-order valence-electron chi connectivity index (χ1n) is 48.2. The minimum atomic E-state index is 0.927. The molecule has 0 N–H and O–H groups in total. The van der Waals surface area contributed by atoms with Crippen LogP contribution in [0.15, 0.2) is 510 Å². The molecule has 28 aromatic rings. The van der Waals surface area contributed by atoms with Crippen molar-refractivity contribution < 1.29 is 0 Å². The van der Waals surface area contributed by atoms with Crippen LogP contribution in [0, 0.1) is 20.8 Å². The van der Waals surface area contributed by atoms with Gasteiger partial charge in [0.1, 0.15) is 11.3 Å². The second kappa shape index (κ2) is 37.8. The van der Waals surface area contributed by atoms with Crippen molar-refractivity contribution in [2.24, 2.45) is 14.1 Å². The number of rotatable bonds is 10. The SMILES string of the molecule is CN(c1ccccc1)c1ccccc1.Cc1ccc(-n2c3ccccc3c3c4ccccc4n(-c4ccccc4)c32)cc1.Cc1cccc(-n2c3ccc(-c4ccccc4)cc3n3c4cc(-c5ccccc5)ccc4nc23)c1.Cc1cccc(-n2c3ccccc3c3c4ccccc4n(-c4ccccc4)c32)c1.Cn1c2ccccc2c2cc(-c3ccccc3)ccc21.Cn1c2ccccc2c2ccccc21. The molecular formula is C131H102N10. The van der Waals surface area contributed by atoms with Gasteiger partial charge >= 0.3 is 0 Å². The third kappa shape index (κ3) is 16.3. The highest BCUT2D eigenvalue weighted by Gasteiger charge is 2.26. The number of aryl methyl sites for hydroxylation is 5. The second-order valence-corrected chi connectivity index (χ2v) is 36.2. The van der Waals surface area contributed by atoms with Gasteiger partial charge in [-0.3, -0.25) is 27.2 Å². The molecule has 0 radical (unpaired) electrons. The van der Waals surface area contributed by atoms with E-state index in [1.54, 1.807) is 0 Å². The van der Waals surface area contributed by atoms with E-state index in [-0.39, 0.29) is 0 Å². The Labute approximate surface area is 819 Å². The molecule has 0 bridgehead atoms. The Morgan fingerprint density at radius 1 is 0.191 bits per heavy atom. The molecule has 676 valence electrons. The molecule has 0 aliphatic carbocycles. The third-order valence-electron chi connectivity index (χ3n) is 27.4. The Morgan fingerprint density at radius 2 is 0.489 bits per heavy atom. The Kier molecular flexibility index (Phi) is 23.3. The summed E-state index contributed by atoms with van der Waals surface area (Å²) >= 11 is 0. The number of para-hydroxylation sites is 11. The van der Waals surface area contributed by atoms with Gasteiger partial charge in [0.2, 0.25) is 5.78 Å². The summed E-state index contributed by atoms with van der Waals surface area (Å²) in [5.41, 5.74) is 36.3. The van der Waals surface area contributed by atoms with Gasteiger partial charge in [-0.05, 0) is 229 Å². The molecular weight excluding hydrogens is 1710 g/mol. The lowest BCUT2D eigenvalue weighted by atomic mass is 10.0. The maximum Gasteiger partial charge on any atom is 0.220 e. The van der Waals surface area contributed by atoms with Crippen LogP contribution in [0.25, 0.3) is 199 Å². The summed E-state index contributed by atoms with van der Waals surface area (Å²) in [4.78, 5) is 7.29. The fourth-order valence-electron chi connectivity index (χ4n) is 20.7. The summed E-state index contributed by atoms with van der Waals surface area (Å²) in [6, 6.07) is 180. The number of nitrogens with zero attached hydrogens (tertiary/aromatic N) is 10. The largest absolute Gasteiger partial charge is 0.345 e. The van der Waals surface area contributed by atoms with E-state index in [9.17, 15) is 0 Å². The summed E-state index contributed by atoms with van der Waals surface area (Å²) in [6.07, 6.45) is 0. The fourth-order valence-corrected chi connectivity index (χ4v) is 20.7. The molecule has 0 saturated carbocycles. The third-order valence-corrected chi connectivity index (χ3v) is 27.4. The summed E-state index contributed by atoms with van der Waals surface area (Å²) in [5.74, 6) is 0.927. The van der Waals surface area contributed by atoms with E-state index >= 15 is 0 Å². The van der Waals surface area contributed by atoms with Crippen molar-refractivity contribution in [3.05, 3.63) is 526 Å². The van der Waals surface area contributed by atoms with E-state index in [1.165, 1.54) is 193 Å². The molecule has 8 heterocycles. The van der Waals surface area contributed by atoms with Crippen LogP contribution in [-0.2, 0) is 14.1 Å². The quantitative estimate of drug-likeness (QED) is 0.137. The maximum atomic E-state index is 5.12. The van der Waals surface area contributed by atoms with Gasteiger partial charge in [0.15, 0.2) is 0 Å². The van der Waals surface area contributed by atoms with E-state index in [0.29, 0.717) is 0 Å². The zero-order chi connectivity index (χ0) is 95.0. The van der Waals surface area contributed by atoms with Gasteiger partial charge in [0, 0.05) is 137 Å². The zero-order valence-electron chi connectivity index (χ0n) is 79.5. The molecule has 0 fully saturated rings. The summed E-state index contributed by atoms with van der Waals surface area (Å²) in [6.45, 7) is 6.42. The van der Waals surface area contributed by atoms with Gasteiger partial charge in [0.25, 0.3) is 0 Å². The Hall–Kier alpha value is -18.3. The van der Waals surface area contributed by atoms with Gasteiger partial charge < -0.3 is 14.0 Å². The molecule has 0 amide bonds. The molecule has 10 heteroatoms. The van der Waals surface area contributed by atoms with Crippen molar-refractivity contribution in [1.29, 1.82) is 0 Å². The van der Waals surface area contributed by atoms with Crippen molar-refractivity contribution in [2.45, 2.75) is 20.8 Å². The van der Waals surface area contributed by atoms with Crippen LogP contribution in [0.5, 0.6) is 0 Å². The Bertz CT molecular complexity index is 9310. The van der Waals surface area contributed by atoms with Gasteiger partial charge in [-0.1, -0.05) is 351 Å². The zero-order valence-corrected chi connectivity index (χ0v) is 79.5. The van der Waals surface area contributed by atoms with E-state index in [0.717, 1.165) is 33.5 Å². The minimum absolute atomic E-state index is 0.927. The molecule has 0 aliphatic rings. The standard InChI is InChI=1S/C32H23N3.2C27H20N2.C19H15N.C13H11N.C13H13N/c1-22-9-8-14-27(19-22)34-29-18-16-26(24-12-6-3-7-13-24)21-31(29)35-30-20-25(23-10-4-2-5-11-23)15-17-28(30)33-32(34)35;1-19-10-9-13-21(18-19)29-25-17-8-6-15-23(25)26-22-14-5-7-16-24(22)28(27(26)29)20-11-3-2-4-12-20;1-19-15-17-21(18-16-19)29-25-14-8-6-12-23(25)26-22-11-5-7-13-24(22)28(27(26)29)20-9-3-2-4-10-20;1-20-18-10-6-5-9-16(18)17-13-15(11-12-19(17)20)14-7-3-2-4-8-14;1-14-12-8-4-2-6-10(12)11-7-3-5-9-13(11)14;1-14(12-8-4-2-5-9-12)13-10-6-3-7-11-13/h2-21H,1H3;2*2-18H,1H3;2-13H,1H3;2-9H,1H3;2-11H,1H3. The number of benzene rings is 20. The first-order chi connectivity index (χ1) is 69.5. The molecule has 0 unspecified atom stereocenters. The van der Waals surface area contributed by atoms with Gasteiger partial charge in [-0.15, -0.1) is 0 Å². The highest BCUT2D eigenvalue weighted by Crippen LogP contribution is 2.45. The molecule has 0 saturated heterocycles. The molecule has 0 atom stereocenters. The van der Waals surface area contributed by atoms with Crippen LogP contribution in [0.4, 0.5) is 11.4 Å². The summed E-state index contributed by atoms with van der Waals surface area (Å²) in [5, 5.41) is 13.1. The monoisotopic (exact) mass is 1810 g/mol. The normalized spacial score (nSPS) is 11.3. The Morgan fingerprint density at radius 3 is 0.894 bits per heavy atom. The average molecular weight is 1820 g/mol. The number of aromatic nitrogens is 9. The number of hydrogen-bond acceptors (Lipinski definition) is 2. The highest BCUT2D eigenvalue weighted by atomic mass is 15.2. The summed E-state index contributed by atoms with van der Waals surface area (Å²) < 4.78 is 18.7. The number of anilines is 2. The van der Waals surface area contributed by atoms with Crippen LogP contribution in [0.2, 0.25) is 0 Å². The maximum absolute atomic E-state index is 5.12. The van der Waals surface area contributed by atoms with Crippen LogP contribution < -0.4 is 4.90 Å². The first kappa shape index (κ1) is 86.8. The van der Waals surface area contributed by atoms with E-state index in [2.05, 4.69) is 581 Å². The van der Waals surface area contributed by atoms with E-state index < -0.39 is 0 Å². The first-order valence-corrected chi connectivity index (χ1v) is 48.2. The predicted octanol–water partition coefficient (Wildman–Crippen LogP) is 33.9. The fraction of sp³-hybridized carbons (Fsp3) is 0.0458. The lowest BCUT2D eigenvalue weighted by molar-refractivity contribution is 1.01. The number of hydrogen-bond donors (Lipinski definition) is 0. The molecule has 141 heavy (non-hydrogen) atoms. The van der Waals surface area contributed by atoms with Crippen LogP contribution >= 0.6 is 0 Å². The lowest BCUT2D eigenvalue weighted by Gasteiger charge is -2.18. The molecule has 28 rings (SSSR count). The van der Waals surface area contributed by atoms with Gasteiger partial charge in [0.05, 0.1) is 44.1 Å². The molecule has 0 spiro atoms. The lowest BCUT2D eigenvalue weighted by Crippen LogP contribution is -2.08. The molecule has 10 nitrogen and oxygen atoms in total. The van der Waals surface area contributed by atoms with E-state index in [1.807, 2.05) is 12.1 Å². The topological polar surface area (TPSA) is 55.0 Å². The number of fused-ring (bicyclic) bond motifs is 21. The predicted molar refractivity (Wildman–Crippen MR) is 597 cm³/mol. The molecule has 20 aromatic carbocycles. The number of imidazole rings is 2. The van der Waals surface area contributed by atoms with Crippen molar-refractivity contribution in [3.63, 3.8) is 0 Å². The minimum Gasteiger partial charge on any atom is -0.345 e. The smallest absolute Gasteiger partial charge is 0.220 e.